The van der Waals surface area contributed by atoms with Crippen LogP contribution in [0.3, 0.4) is 0 Å². The minimum absolute atomic E-state index is 1.03. The van der Waals surface area contributed by atoms with E-state index in [1.807, 2.05) is 0 Å². The van der Waals surface area contributed by atoms with Gasteiger partial charge in [0.1, 0.15) is 6.61 Å². The van der Waals surface area contributed by atoms with Crippen LogP contribution in [0.15, 0.2) is 0 Å². The number of aliphatic hydroxyl groups excluding tert-OH is 1. The summed E-state index contributed by atoms with van der Waals surface area (Å²) in [5.41, 5.74) is 0. The molecule has 10 heteroatoms. The third kappa shape index (κ3) is 3.44. The summed E-state index contributed by atoms with van der Waals surface area (Å²) < 4.78 is -2.23. The molecule has 0 aromatic heterocycles. The molecule has 0 radical (unpaired) electrons. The first-order valence-corrected chi connectivity index (χ1v) is 4.78. The second-order valence-corrected chi connectivity index (χ2v) is 5.84. The summed E-state index contributed by atoms with van der Waals surface area (Å²) in [5, 5.41) is 38.5. The van der Waals surface area contributed by atoms with Crippen molar-refractivity contribution < 1.29 is 20.1 Å². The molecule has 14 heavy (non-hydrogen) atoms. The fourth-order valence-electron chi connectivity index (χ4n) is 0.781. The first kappa shape index (κ1) is 13.7. The van der Waals surface area contributed by atoms with Gasteiger partial charge in [-0.3, -0.25) is 20.2 Å². The van der Waals surface area contributed by atoms with Crippen molar-refractivity contribution in [2.75, 3.05) is 6.61 Å². The zero-order valence-corrected chi connectivity index (χ0v) is 9.71. The van der Waals surface area contributed by atoms with Crippen LogP contribution in [0.4, 0.5) is 0 Å². The van der Waals surface area contributed by atoms with Crippen LogP contribution in [0.1, 0.15) is 0 Å². The summed E-state index contributed by atoms with van der Waals surface area (Å²) >= 11 is 4.94. The Morgan fingerprint density at radius 1 is 1.29 bits per heavy atom. The van der Waals surface area contributed by atoms with Crippen molar-refractivity contribution in [2.24, 2.45) is 0 Å². The number of nitro groups is 2. The largest absolute Gasteiger partial charge is 0.389 e. The number of halogens is 2. The van der Waals surface area contributed by atoms with E-state index in [9.17, 15) is 25.3 Å². The Kier molecular flexibility index (Phi) is 4.84. The maximum atomic E-state index is 10.4. The molecule has 0 heterocycles. The van der Waals surface area contributed by atoms with E-state index in [0.29, 0.717) is 0 Å². The van der Waals surface area contributed by atoms with Gasteiger partial charge in [-0.1, -0.05) is 0 Å². The molecule has 0 aromatic rings. The van der Waals surface area contributed by atoms with Gasteiger partial charge in [-0.25, -0.2) is 0 Å². The fourth-order valence-corrected chi connectivity index (χ4v) is 1.73. The normalized spacial score (nSPS) is 16.0. The molecule has 0 saturated carbocycles. The lowest BCUT2D eigenvalue weighted by molar-refractivity contribution is -0.624. The van der Waals surface area contributed by atoms with Crippen molar-refractivity contribution in [3.8, 4) is 0 Å². The molecule has 0 saturated heterocycles. The van der Waals surface area contributed by atoms with E-state index in [0.717, 1.165) is 0 Å². The molecule has 0 rings (SSSR count). The van der Waals surface area contributed by atoms with E-state index in [4.69, 9.17) is 5.11 Å². The summed E-state index contributed by atoms with van der Waals surface area (Å²) in [6.45, 7) is -1.04. The Balaban J connectivity index is 4.99. The molecule has 0 fully saturated rings. The van der Waals surface area contributed by atoms with Crippen LogP contribution in [-0.2, 0) is 0 Å². The van der Waals surface area contributed by atoms with Crippen LogP contribution in [0.5, 0.6) is 0 Å². The Morgan fingerprint density at radius 3 is 1.79 bits per heavy atom. The van der Waals surface area contributed by atoms with Crippen molar-refractivity contribution >= 4 is 31.9 Å². The molecule has 8 nitrogen and oxygen atoms in total. The number of hydrogen-bond acceptors (Lipinski definition) is 6. The first-order chi connectivity index (χ1) is 6.21. The number of aliphatic hydroxyl groups is 2. The molecule has 0 aromatic carbocycles. The van der Waals surface area contributed by atoms with E-state index in [1.54, 1.807) is 0 Å². The topological polar surface area (TPSA) is 127 Å². The molecule has 2 atom stereocenters. The molecule has 0 aliphatic rings. The Labute approximate surface area is 94.5 Å². The summed E-state index contributed by atoms with van der Waals surface area (Å²) in [4.78, 5) is 18.7. The van der Waals surface area contributed by atoms with Gasteiger partial charge in [0.15, 0.2) is 0 Å². The van der Waals surface area contributed by atoms with Crippen molar-refractivity contribution in [1.29, 1.82) is 0 Å². The van der Waals surface area contributed by atoms with Gasteiger partial charge in [-0.05, 0) is 31.9 Å². The number of alkyl halides is 2. The highest BCUT2D eigenvalue weighted by molar-refractivity contribution is 9.25. The molecule has 0 bridgehead atoms. The average molecular weight is 338 g/mol. The number of rotatable bonds is 5. The molecular weight excluding hydrogens is 332 g/mol. The van der Waals surface area contributed by atoms with Crippen LogP contribution < -0.4 is 0 Å². The van der Waals surface area contributed by atoms with E-state index in [1.165, 1.54) is 0 Å². The minimum Gasteiger partial charge on any atom is -0.389 e. The van der Waals surface area contributed by atoms with Gasteiger partial charge in [0.2, 0.25) is 0 Å². The second-order valence-electron chi connectivity index (χ2n) is 2.35. The van der Waals surface area contributed by atoms with Crippen LogP contribution >= 0.6 is 31.9 Å². The van der Waals surface area contributed by atoms with Crippen molar-refractivity contribution in [1.82, 2.24) is 0 Å². The molecule has 82 valence electrons. The monoisotopic (exact) mass is 336 g/mol. The van der Waals surface area contributed by atoms with Gasteiger partial charge in [0.25, 0.3) is 3.42 Å². The lowest BCUT2D eigenvalue weighted by Crippen LogP contribution is -2.51. The predicted molar refractivity (Wildman–Crippen MR) is 51.5 cm³/mol. The highest BCUT2D eigenvalue weighted by Crippen LogP contribution is 2.31. The van der Waals surface area contributed by atoms with Crippen LogP contribution in [0, 0.1) is 20.2 Å². The lowest BCUT2D eigenvalue weighted by atomic mass is 10.1. The Hall–Kier alpha value is -0.320. The fraction of sp³-hybridized carbons (Fsp3) is 1.00. The van der Waals surface area contributed by atoms with Gasteiger partial charge in [-0.2, -0.15) is 0 Å². The van der Waals surface area contributed by atoms with Gasteiger partial charge in [0, 0.05) is 9.85 Å². The summed E-state index contributed by atoms with van der Waals surface area (Å²) in [7, 11) is 0. The molecule has 0 aliphatic carbocycles. The van der Waals surface area contributed by atoms with E-state index < -0.39 is 32.0 Å². The molecule has 2 unspecified atom stereocenters. The second kappa shape index (κ2) is 4.96. The van der Waals surface area contributed by atoms with Crippen LogP contribution in [0.2, 0.25) is 0 Å². The summed E-state index contributed by atoms with van der Waals surface area (Å²) in [6.07, 6.45) is 0. The SMILES string of the molecule is O=[N+]([O-])C(CO)C([N+](=O)[O-])C(O)(Br)Br. The summed E-state index contributed by atoms with van der Waals surface area (Å²) in [5.74, 6) is 0. The van der Waals surface area contributed by atoms with Crippen LogP contribution in [-0.4, -0.2) is 42.2 Å². The van der Waals surface area contributed by atoms with Gasteiger partial charge < -0.3 is 10.2 Å². The van der Waals surface area contributed by atoms with Gasteiger partial charge in [-0.15, -0.1) is 0 Å². The van der Waals surface area contributed by atoms with Crippen LogP contribution in [0.25, 0.3) is 0 Å². The smallest absolute Gasteiger partial charge is 0.329 e. The predicted octanol–water partition coefficient (Wildman–Crippen LogP) is -0.295. The molecule has 0 amide bonds. The minimum atomic E-state index is -2.23. The molecular formula is C4H6Br2N2O6. The van der Waals surface area contributed by atoms with Crippen molar-refractivity contribution in [3.63, 3.8) is 0 Å². The molecule has 0 spiro atoms. The third-order valence-electron chi connectivity index (χ3n) is 1.41. The number of hydrogen-bond donors (Lipinski definition) is 2. The molecule has 2 N–H and O–H groups in total. The lowest BCUT2D eigenvalue weighted by Gasteiger charge is -2.19. The molecule has 0 aliphatic heterocycles. The van der Waals surface area contributed by atoms with E-state index in [2.05, 4.69) is 31.9 Å². The van der Waals surface area contributed by atoms with Gasteiger partial charge in [0.05, 0.1) is 0 Å². The first-order valence-electron chi connectivity index (χ1n) is 3.19. The summed E-state index contributed by atoms with van der Waals surface area (Å²) in [6, 6.07) is -3.89. The Bertz CT molecular complexity index is 240. The maximum absolute atomic E-state index is 10.4. The highest BCUT2D eigenvalue weighted by Gasteiger charge is 2.53. The quantitative estimate of drug-likeness (QED) is 0.403. The maximum Gasteiger partial charge on any atom is 0.329 e. The third-order valence-corrected chi connectivity index (χ3v) is 2.34. The van der Waals surface area contributed by atoms with Crippen molar-refractivity contribution in [2.45, 2.75) is 15.5 Å². The standard InChI is InChI=1S/C4H6Br2N2O6/c5-4(6,10)3(8(13)14)2(1-9)7(11)12/h2-3,9-10H,1H2. The highest BCUT2D eigenvalue weighted by atomic mass is 79.9. The Morgan fingerprint density at radius 2 is 1.71 bits per heavy atom. The van der Waals surface area contributed by atoms with Crippen molar-refractivity contribution in [3.05, 3.63) is 20.2 Å². The average Bonchev–Trinajstić information content (AvgIpc) is 1.95. The zero-order chi connectivity index (χ0) is 11.5. The zero-order valence-electron chi connectivity index (χ0n) is 6.54. The van der Waals surface area contributed by atoms with Gasteiger partial charge >= 0.3 is 12.1 Å². The van der Waals surface area contributed by atoms with E-state index in [-0.39, 0.29) is 0 Å². The number of nitrogens with zero attached hydrogens (tertiary/aromatic N) is 2. The van der Waals surface area contributed by atoms with E-state index >= 15 is 0 Å².